The largest absolute Gasteiger partial charge is 0.497 e. The summed E-state index contributed by atoms with van der Waals surface area (Å²) < 4.78 is 13.7. The third-order valence-corrected chi connectivity index (χ3v) is 3.04. The molecule has 1 aromatic heterocycles. The van der Waals surface area contributed by atoms with E-state index in [1.165, 1.54) is 7.11 Å². The molecule has 0 aliphatic heterocycles. The van der Waals surface area contributed by atoms with Crippen LogP contribution in [0.15, 0.2) is 30.5 Å². The fourth-order valence-corrected chi connectivity index (χ4v) is 1.95. The number of aromatic nitrogens is 1. The molecule has 1 aromatic carbocycles. The number of hydrogen-bond donors (Lipinski definition) is 1. The number of ether oxygens (including phenoxy) is 2. The molecule has 0 saturated heterocycles. The maximum absolute atomic E-state index is 11.8. The van der Waals surface area contributed by atoms with Crippen LogP contribution in [-0.2, 0) is 0 Å². The summed E-state index contributed by atoms with van der Waals surface area (Å²) in [6.07, 6.45) is 1.12. The van der Waals surface area contributed by atoms with Crippen LogP contribution in [0.25, 0.3) is 0 Å². The van der Waals surface area contributed by atoms with E-state index in [1.54, 1.807) is 24.3 Å². The Morgan fingerprint density at radius 3 is 2.42 bits per heavy atom. The number of benzene rings is 1. The number of carbonyl (C=O) groups is 2. The summed E-state index contributed by atoms with van der Waals surface area (Å²) in [5.41, 5.74) is -0.163. The van der Waals surface area contributed by atoms with E-state index in [0.717, 1.165) is 17.7 Å². The van der Waals surface area contributed by atoms with E-state index in [2.05, 4.69) is 4.37 Å². The lowest BCUT2D eigenvalue weighted by atomic mass is 10.3. The average Bonchev–Trinajstić information content (AvgIpc) is 2.89. The van der Waals surface area contributed by atoms with E-state index in [9.17, 15) is 9.59 Å². The minimum Gasteiger partial charge on any atom is -0.497 e. The molecule has 0 radical (unpaired) electrons. The summed E-state index contributed by atoms with van der Waals surface area (Å²) in [5.74, 6) is -1.03. The second kappa shape index (κ2) is 5.49. The van der Waals surface area contributed by atoms with E-state index in [0.29, 0.717) is 11.5 Å². The molecule has 6 nitrogen and oxygen atoms in total. The highest BCUT2D eigenvalue weighted by molar-refractivity contribution is 7.08. The molecule has 19 heavy (non-hydrogen) atoms. The van der Waals surface area contributed by atoms with Crippen LogP contribution in [0.3, 0.4) is 0 Å². The first-order valence-corrected chi connectivity index (χ1v) is 5.93. The van der Waals surface area contributed by atoms with E-state index in [-0.39, 0.29) is 10.4 Å². The lowest BCUT2D eigenvalue weighted by Crippen LogP contribution is -2.11. The highest BCUT2D eigenvalue weighted by atomic mass is 32.1. The minimum atomic E-state index is -1.21. The molecule has 98 valence electrons. The van der Waals surface area contributed by atoms with Gasteiger partial charge in [-0.2, -0.15) is 4.37 Å². The van der Waals surface area contributed by atoms with Gasteiger partial charge in [-0.3, -0.25) is 0 Å². The SMILES string of the molecule is COc1ccc(OC(=O)c2sncc2C(=O)O)cc1. The lowest BCUT2D eigenvalue weighted by molar-refractivity contribution is 0.0671. The second-order valence-electron chi connectivity index (χ2n) is 3.44. The first-order chi connectivity index (χ1) is 9.11. The molecular weight excluding hydrogens is 270 g/mol. The van der Waals surface area contributed by atoms with Crippen molar-refractivity contribution in [1.82, 2.24) is 4.37 Å². The van der Waals surface area contributed by atoms with Crippen molar-refractivity contribution in [2.24, 2.45) is 0 Å². The first kappa shape index (κ1) is 13.0. The summed E-state index contributed by atoms with van der Waals surface area (Å²) >= 11 is 0.783. The minimum absolute atomic E-state index is 0.0386. The quantitative estimate of drug-likeness (QED) is 0.681. The van der Waals surface area contributed by atoms with Gasteiger partial charge >= 0.3 is 11.9 Å². The van der Waals surface area contributed by atoms with Crippen LogP contribution in [-0.4, -0.2) is 28.5 Å². The summed E-state index contributed by atoms with van der Waals surface area (Å²) in [4.78, 5) is 22.6. The van der Waals surface area contributed by atoms with Crippen LogP contribution in [0, 0.1) is 0 Å². The smallest absolute Gasteiger partial charge is 0.356 e. The normalized spacial score (nSPS) is 9.95. The van der Waals surface area contributed by atoms with Gasteiger partial charge in [-0.1, -0.05) is 0 Å². The number of nitrogens with zero attached hydrogens (tertiary/aromatic N) is 1. The van der Waals surface area contributed by atoms with Crippen molar-refractivity contribution in [3.8, 4) is 11.5 Å². The van der Waals surface area contributed by atoms with Gasteiger partial charge in [-0.05, 0) is 35.8 Å². The van der Waals surface area contributed by atoms with Crippen LogP contribution in [0.2, 0.25) is 0 Å². The second-order valence-corrected chi connectivity index (χ2v) is 4.24. The fourth-order valence-electron chi connectivity index (χ4n) is 1.34. The Labute approximate surface area is 112 Å². The standard InChI is InChI=1S/C12H9NO5S/c1-17-7-2-4-8(5-3-7)18-12(16)10-9(11(14)15)6-13-19-10/h2-6H,1H3,(H,14,15). The maximum Gasteiger partial charge on any atom is 0.356 e. The average molecular weight is 279 g/mol. The molecule has 0 unspecified atom stereocenters. The van der Waals surface area contributed by atoms with Crippen LogP contribution in [0.5, 0.6) is 11.5 Å². The van der Waals surface area contributed by atoms with Gasteiger partial charge in [-0.15, -0.1) is 0 Å². The van der Waals surface area contributed by atoms with E-state index < -0.39 is 11.9 Å². The number of carbonyl (C=O) groups excluding carboxylic acids is 1. The Bertz CT molecular complexity index is 605. The number of aromatic carboxylic acids is 1. The van der Waals surface area contributed by atoms with E-state index in [4.69, 9.17) is 14.6 Å². The zero-order chi connectivity index (χ0) is 13.8. The fraction of sp³-hybridized carbons (Fsp3) is 0.0833. The Morgan fingerprint density at radius 2 is 1.84 bits per heavy atom. The van der Waals surface area contributed by atoms with Gasteiger partial charge in [0.1, 0.15) is 21.9 Å². The summed E-state index contributed by atoms with van der Waals surface area (Å²) in [6.45, 7) is 0. The summed E-state index contributed by atoms with van der Waals surface area (Å²) in [7, 11) is 1.53. The monoisotopic (exact) mass is 279 g/mol. The molecule has 2 rings (SSSR count). The molecule has 0 fully saturated rings. The van der Waals surface area contributed by atoms with Crippen LogP contribution in [0.4, 0.5) is 0 Å². The van der Waals surface area contributed by atoms with Crippen LogP contribution < -0.4 is 9.47 Å². The molecular formula is C12H9NO5S. The first-order valence-electron chi connectivity index (χ1n) is 5.16. The van der Waals surface area contributed by atoms with E-state index in [1.807, 2.05) is 0 Å². The van der Waals surface area contributed by atoms with Crippen molar-refractivity contribution in [3.63, 3.8) is 0 Å². The molecule has 0 saturated carbocycles. The van der Waals surface area contributed by atoms with Crippen molar-refractivity contribution in [2.75, 3.05) is 7.11 Å². The lowest BCUT2D eigenvalue weighted by Gasteiger charge is -2.04. The summed E-state index contributed by atoms with van der Waals surface area (Å²) in [5, 5.41) is 8.88. The Kier molecular flexibility index (Phi) is 3.76. The summed E-state index contributed by atoms with van der Waals surface area (Å²) in [6, 6.07) is 6.37. The molecule has 1 heterocycles. The van der Waals surface area contributed by atoms with Gasteiger partial charge in [0.15, 0.2) is 0 Å². The molecule has 7 heteroatoms. The number of rotatable bonds is 4. The van der Waals surface area contributed by atoms with E-state index >= 15 is 0 Å². The van der Waals surface area contributed by atoms with Crippen molar-refractivity contribution in [2.45, 2.75) is 0 Å². The Balaban J connectivity index is 2.16. The van der Waals surface area contributed by atoms with Gasteiger partial charge in [0.2, 0.25) is 0 Å². The molecule has 0 aliphatic carbocycles. The molecule has 0 atom stereocenters. The zero-order valence-corrected chi connectivity index (χ0v) is 10.6. The van der Waals surface area contributed by atoms with Crippen molar-refractivity contribution in [3.05, 3.63) is 40.9 Å². The number of carboxylic acids is 1. The molecule has 0 spiro atoms. The third-order valence-electron chi connectivity index (χ3n) is 2.26. The molecule has 0 amide bonds. The highest BCUT2D eigenvalue weighted by Crippen LogP contribution is 2.20. The number of esters is 1. The molecule has 0 aliphatic rings. The van der Waals surface area contributed by atoms with Crippen LogP contribution in [0.1, 0.15) is 20.0 Å². The maximum atomic E-state index is 11.8. The topological polar surface area (TPSA) is 85.7 Å². The Morgan fingerprint density at radius 1 is 1.21 bits per heavy atom. The van der Waals surface area contributed by atoms with Crippen LogP contribution >= 0.6 is 11.5 Å². The number of methoxy groups -OCH3 is 1. The molecule has 0 bridgehead atoms. The van der Waals surface area contributed by atoms with Gasteiger partial charge in [0.05, 0.1) is 13.3 Å². The van der Waals surface area contributed by atoms with Gasteiger partial charge in [-0.25, -0.2) is 9.59 Å². The van der Waals surface area contributed by atoms with Gasteiger partial charge in [0, 0.05) is 0 Å². The number of hydrogen-bond acceptors (Lipinski definition) is 6. The molecule has 2 aromatic rings. The number of carboxylic acid groups (broad SMARTS) is 1. The van der Waals surface area contributed by atoms with Gasteiger partial charge in [0.25, 0.3) is 0 Å². The predicted molar refractivity (Wildman–Crippen MR) is 67.0 cm³/mol. The predicted octanol–water partition coefficient (Wildman–Crippen LogP) is 2.07. The third kappa shape index (κ3) is 2.89. The highest BCUT2D eigenvalue weighted by Gasteiger charge is 2.21. The van der Waals surface area contributed by atoms with Crippen molar-refractivity contribution in [1.29, 1.82) is 0 Å². The Hall–Kier alpha value is -2.41. The van der Waals surface area contributed by atoms with Crippen molar-refractivity contribution < 1.29 is 24.2 Å². The van der Waals surface area contributed by atoms with Crippen molar-refractivity contribution >= 4 is 23.5 Å². The zero-order valence-electron chi connectivity index (χ0n) is 9.82. The molecule has 1 N–H and O–H groups in total. The van der Waals surface area contributed by atoms with Gasteiger partial charge < -0.3 is 14.6 Å².